The molecule has 1 atom stereocenters. The molecule has 0 radical (unpaired) electrons. The quantitative estimate of drug-likeness (QED) is 0.589. The number of aliphatic hydroxyl groups is 1. The van der Waals surface area contributed by atoms with Crippen LogP contribution in [0.2, 0.25) is 0 Å². The molecule has 0 aliphatic carbocycles. The third kappa shape index (κ3) is 3.32. The largest absolute Gasteiger partial charge is 0.391 e. The van der Waals surface area contributed by atoms with Crippen molar-refractivity contribution in [3.05, 3.63) is 0 Å². The zero-order valence-corrected chi connectivity index (χ0v) is 8.09. The van der Waals surface area contributed by atoms with Crippen LogP contribution in [0.4, 0.5) is 0 Å². The van der Waals surface area contributed by atoms with E-state index in [-0.39, 0.29) is 6.42 Å². The van der Waals surface area contributed by atoms with Crippen LogP contribution in [-0.2, 0) is 4.79 Å². The standard InChI is InChI=1S/C9H15N3O2/c10-2-1-9(14)7-11-3-5-12(8-13)6-4-11/h8-9,14H,1,3-7H2. The van der Waals surface area contributed by atoms with Crippen LogP contribution in [-0.4, -0.2) is 60.1 Å². The van der Waals surface area contributed by atoms with Gasteiger partial charge in [0.05, 0.1) is 18.6 Å². The van der Waals surface area contributed by atoms with Gasteiger partial charge in [0.1, 0.15) is 0 Å². The molecule has 5 heteroatoms. The van der Waals surface area contributed by atoms with Gasteiger partial charge in [-0.3, -0.25) is 9.69 Å². The van der Waals surface area contributed by atoms with E-state index in [1.54, 1.807) is 4.90 Å². The predicted octanol–water partition coefficient (Wildman–Crippen LogP) is -0.965. The van der Waals surface area contributed by atoms with Crippen molar-refractivity contribution in [1.82, 2.24) is 9.80 Å². The second kappa shape index (κ2) is 5.58. The highest BCUT2D eigenvalue weighted by Gasteiger charge is 2.17. The van der Waals surface area contributed by atoms with E-state index in [0.29, 0.717) is 19.6 Å². The number of piperazine rings is 1. The summed E-state index contributed by atoms with van der Waals surface area (Å²) in [6.07, 6.45) is 0.458. The number of carbonyl (C=O) groups excluding carboxylic acids is 1. The fourth-order valence-corrected chi connectivity index (χ4v) is 1.52. The topological polar surface area (TPSA) is 67.6 Å². The van der Waals surface area contributed by atoms with Crippen LogP contribution >= 0.6 is 0 Å². The number of β-amino-alcohol motifs (C(OH)–C–C–N with tert-alkyl or cyclic N) is 1. The molecule has 78 valence electrons. The van der Waals surface area contributed by atoms with Crippen LogP contribution < -0.4 is 0 Å². The minimum Gasteiger partial charge on any atom is -0.391 e. The van der Waals surface area contributed by atoms with Crippen molar-refractivity contribution in [2.24, 2.45) is 0 Å². The first-order chi connectivity index (χ1) is 6.76. The summed E-state index contributed by atoms with van der Waals surface area (Å²) in [5, 5.41) is 17.7. The van der Waals surface area contributed by atoms with Crippen LogP contribution in [0.5, 0.6) is 0 Å². The fraction of sp³-hybridized carbons (Fsp3) is 0.778. The monoisotopic (exact) mass is 197 g/mol. The smallest absolute Gasteiger partial charge is 0.209 e. The highest BCUT2D eigenvalue weighted by molar-refractivity contribution is 5.47. The summed E-state index contributed by atoms with van der Waals surface area (Å²) >= 11 is 0. The third-order valence-corrected chi connectivity index (χ3v) is 2.35. The van der Waals surface area contributed by atoms with Crippen LogP contribution in [0.1, 0.15) is 6.42 Å². The van der Waals surface area contributed by atoms with Gasteiger partial charge in [-0.25, -0.2) is 0 Å². The summed E-state index contributed by atoms with van der Waals surface area (Å²) in [7, 11) is 0. The second-order valence-electron chi connectivity index (χ2n) is 3.46. The molecular formula is C9H15N3O2. The lowest BCUT2D eigenvalue weighted by atomic mass is 10.2. The Hall–Kier alpha value is -1.12. The maximum atomic E-state index is 10.4. The Morgan fingerprint density at radius 1 is 1.43 bits per heavy atom. The Labute approximate surface area is 83.5 Å². The summed E-state index contributed by atoms with van der Waals surface area (Å²) in [5.41, 5.74) is 0. The van der Waals surface area contributed by atoms with E-state index in [1.165, 1.54) is 0 Å². The minimum atomic E-state index is -0.567. The molecule has 1 amide bonds. The van der Waals surface area contributed by atoms with Crippen molar-refractivity contribution in [2.75, 3.05) is 32.7 Å². The molecule has 1 aliphatic heterocycles. The lowest BCUT2D eigenvalue weighted by molar-refractivity contribution is -0.119. The van der Waals surface area contributed by atoms with Gasteiger partial charge in [-0.15, -0.1) is 0 Å². The molecule has 1 fully saturated rings. The number of hydrogen-bond acceptors (Lipinski definition) is 4. The second-order valence-corrected chi connectivity index (χ2v) is 3.46. The SMILES string of the molecule is N#CCC(O)CN1CCN(C=O)CC1. The lowest BCUT2D eigenvalue weighted by Gasteiger charge is -2.33. The first-order valence-electron chi connectivity index (χ1n) is 4.73. The molecule has 5 nitrogen and oxygen atoms in total. The molecule has 1 N–H and O–H groups in total. The van der Waals surface area contributed by atoms with Crippen LogP contribution in [0.15, 0.2) is 0 Å². The van der Waals surface area contributed by atoms with E-state index in [9.17, 15) is 9.90 Å². The highest BCUT2D eigenvalue weighted by Crippen LogP contribution is 2.02. The van der Waals surface area contributed by atoms with Gasteiger partial charge >= 0.3 is 0 Å². The third-order valence-electron chi connectivity index (χ3n) is 2.35. The fourth-order valence-electron chi connectivity index (χ4n) is 1.52. The predicted molar refractivity (Wildman–Crippen MR) is 50.3 cm³/mol. The van der Waals surface area contributed by atoms with Gasteiger partial charge in [0.2, 0.25) is 6.41 Å². The van der Waals surface area contributed by atoms with Crippen molar-refractivity contribution in [2.45, 2.75) is 12.5 Å². The number of hydrogen-bond donors (Lipinski definition) is 1. The van der Waals surface area contributed by atoms with Gasteiger partial charge in [0.15, 0.2) is 0 Å². The van der Waals surface area contributed by atoms with Gasteiger partial charge in [-0.05, 0) is 0 Å². The summed E-state index contributed by atoms with van der Waals surface area (Å²) in [6, 6.07) is 1.93. The highest BCUT2D eigenvalue weighted by atomic mass is 16.3. The lowest BCUT2D eigenvalue weighted by Crippen LogP contribution is -2.47. The Morgan fingerprint density at radius 3 is 2.57 bits per heavy atom. The molecular weight excluding hydrogens is 182 g/mol. The van der Waals surface area contributed by atoms with Gasteiger partial charge in [-0.1, -0.05) is 0 Å². The van der Waals surface area contributed by atoms with Crippen LogP contribution in [0.3, 0.4) is 0 Å². The molecule has 0 aromatic heterocycles. The Kier molecular flexibility index (Phi) is 4.36. The molecule has 0 aromatic carbocycles. The Balaban J connectivity index is 2.22. The van der Waals surface area contributed by atoms with Gasteiger partial charge in [0.25, 0.3) is 0 Å². The molecule has 0 aromatic rings. The summed E-state index contributed by atoms with van der Waals surface area (Å²) < 4.78 is 0. The number of rotatable bonds is 4. The molecule has 0 saturated carbocycles. The number of aliphatic hydroxyl groups excluding tert-OH is 1. The maximum absolute atomic E-state index is 10.4. The van der Waals surface area contributed by atoms with Crippen molar-refractivity contribution < 1.29 is 9.90 Å². The number of amides is 1. The molecule has 14 heavy (non-hydrogen) atoms. The van der Waals surface area contributed by atoms with Crippen molar-refractivity contribution in [1.29, 1.82) is 5.26 Å². The zero-order valence-electron chi connectivity index (χ0n) is 8.09. The number of nitrogens with zero attached hydrogens (tertiary/aromatic N) is 3. The Morgan fingerprint density at radius 2 is 2.07 bits per heavy atom. The summed E-state index contributed by atoms with van der Waals surface area (Å²) in [4.78, 5) is 14.2. The maximum Gasteiger partial charge on any atom is 0.209 e. The molecule has 0 bridgehead atoms. The van der Waals surface area contributed by atoms with Gasteiger partial charge in [-0.2, -0.15) is 5.26 Å². The van der Waals surface area contributed by atoms with E-state index >= 15 is 0 Å². The first-order valence-corrected chi connectivity index (χ1v) is 4.73. The molecule has 1 saturated heterocycles. The first kappa shape index (κ1) is 11.0. The normalized spacial score (nSPS) is 20.1. The summed E-state index contributed by atoms with van der Waals surface area (Å²) in [5.74, 6) is 0. The molecule has 0 spiro atoms. The van der Waals surface area contributed by atoms with E-state index < -0.39 is 6.10 Å². The van der Waals surface area contributed by atoms with E-state index in [0.717, 1.165) is 19.5 Å². The van der Waals surface area contributed by atoms with Crippen molar-refractivity contribution in [3.63, 3.8) is 0 Å². The molecule has 1 aliphatic rings. The molecule has 1 rings (SSSR count). The van der Waals surface area contributed by atoms with Gasteiger partial charge in [0, 0.05) is 32.7 Å². The van der Waals surface area contributed by atoms with E-state index in [1.807, 2.05) is 6.07 Å². The van der Waals surface area contributed by atoms with E-state index in [4.69, 9.17) is 5.26 Å². The number of nitriles is 1. The van der Waals surface area contributed by atoms with Gasteiger partial charge < -0.3 is 10.0 Å². The minimum absolute atomic E-state index is 0.174. The Bertz CT molecular complexity index is 219. The van der Waals surface area contributed by atoms with Crippen molar-refractivity contribution in [3.8, 4) is 6.07 Å². The molecule has 1 unspecified atom stereocenters. The van der Waals surface area contributed by atoms with Crippen LogP contribution in [0, 0.1) is 11.3 Å². The van der Waals surface area contributed by atoms with Crippen LogP contribution in [0.25, 0.3) is 0 Å². The average molecular weight is 197 g/mol. The van der Waals surface area contributed by atoms with Crippen molar-refractivity contribution >= 4 is 6.41 Å². The molecule has 1 heterocycles. The summed E-state index contributed by atoms with van der Waals surface area (Å²) in [6.45, 7) is 3.51. The number of carbonyl (C=O) groups is 1. The zero-order chi connectivity index (χ0) is 10.4. The van der Waals surface area contributed by atoms with E-state index in [2.05, 4.69) is 4.90 Å². The average Bonchev–Trinajstić information content (AvgIpc) is 2.19.